The molecule has 15 heteroatoms. The normalized spacial score (nSPS) is 26.9. The molecule has 1 amide bonds. The lowest BCUT2D eigenvalue weighted by atomic mass is 10.1. The Morgan fingerprint density at radius 2 is 1.62 bits per heavy atom. The summed E-state index contributed by atoms with van der Waals surface area (Å²) in [6, 6.07) is 4.93. The smallest absolute Gasteiger partial charge is 0.441 e. The monoisotopic (exact) mass is 485 g/mol. The van der Waals surface area contributed by atoms with Crippen LogP contribution in [-0.2, 0) is 23.8 Å². The summed E-state index contributed by atoms with van der Waals surface area (Å²) in [4.78, 5) is 40.9. The molecule has 3 fully saturated rings. The standard InChI is InChI=1S/C19H23N3O12/c23-18(20-7-5-13(6-8-20)34-22(27)28)32-14-9-29-17-15(10-30-16(14)17)33-19(24)31-12-3-1-11(2-4-12)21(25)26/h1-4,13-17,27-28H,5-10H2/t14-,15-,16-,17-/m1/s1. The number of hydrogen-bond donors (Lipinski definition) is 2. The van der Waals surface area contributed by atoms with Gasteiger partial charge < -0.3 is 28.6 Å². The number of fused-ring (bicyclic) bond motifs is 1. The van der Waals surface area contributed by atoms with E-state index in [4.69, 9.17) is 38.9 Å². The Morgan fingerprint density at radius 3 is 2.18 bits per heavy atom. The highest BCUT2D eigenvalue weighted by atomic mass is 17.1. The lowest BCUT2D eigenvalue weighted by Gasteiger charge is -2.32. The molecule has 3 heterocycles. The molecule has 2 N–H and O–H groups in total. The summed E-state index contributed by atoms with van der Waals surface area (Å²) in [5, 5.41) is 27.8. The number of likely N-dealkylation sites (tertiary alicyclic amines) is 1. The lowest BCUT2D eigenvalue weighted by molar-refractivity contribution is -0.506. The van der Waals surface area contributed by atoms with Crippen molar-refractivity contribution in [3.05, 3.63) is 34.4 Å². The Kier molecular flexibility index (Phi) is 7.40. The van der Waals surface area contributed by atoms with Gasteiger partial charge in [0.1, 0.15) is 18.0 Å². The quantitative estimate of drug-likeness (QED) is 0.255. The van der Waals surface area contributed by atoms with Crippen molar-refractivity contribution in [1.29, 1.82) is 0 Å². The first-order valence-corrected chi connectivity index (χ1v) is 10.5. The molecule has 0 aromatic heterocycles. The fraction of sp³-hybridized carbons (Fsp3) is 0.579. The van der Waals surface area contributed by atoms with E-state index < -0.39 is 47.7 Å². The number of carbonyl (C=O) groups excluding carboxylic acids is 2. The topological polar surface area (TPSA) is 180 Å². The highest BCUT2D eigenvalue weighted by Gasteiger charge is 2.51. The molecule has 1 aromatic carbocycles. The molecule has 3 aliphatic rings. The molecule has 4 rings (SSSR count). The van der Waals surface area contributed by atoms with Crippen LogP contribution in [0.3, 0.4) is 0 Å². The van der Waals surface area contributed by atoms with Crippen molar-refractivity contribution in [2.45, 2.75) is 43.4 Å². The number of nitro groups is 1. The zero-order valence-corrected chi connectivity index (χ0v) is 17.8. The van der Waals surface area contributed by atoms with Crippen LogP contribution in [0.15, 0.2) is 24.3 Å². The minimum absolute atomic E-state index is 0.0142. The largest absolute Gasteiger partial charge is 0.514 e. The summed E-state index contributed by atoms with van der Waals surface area (Å²) in [5.41, 5.74) is -0.146. The first kappa shape index (κ1) is 24.1. The highest BCUT2D eigenvalue weighted by Crippen LogP contribution is 2.31. The molecule has 34 heavy (non-hydrogen) atoms. The number of amides is 1. The third-order valence-corrected chi connectivity index (χ3v) is 5.65. The maximum atomic E-state index is 12.5. The number of carbonyl (C=O) groups is 2. The number of non-ortho nitro benzene ring substituents is 1. The van der Waals surface area contributed by atoms with Gasteiger partial charge in [-0.1, -0.05) is 0 Å². The second-order valence-corrected chi connectivity index (χ2v) is 7.82. The van der Waals surface area contributed by atoms with E-state index in [0.717, 1.165) is 0 Å². The van der Waals surface area contributed by atoms with Crippen LogP contribution < -0.4 is 4.74 Å². The fourth-order valence-electron chi connectivity index (χ4n) is 3.99. The van der Waals surface area contributed by atoms with Crippen molar-refractivity contribution in [3.8, 4) is 5.75 Å². The first-order valence-electron chi connectivity index (χ1n) is 10.5. The van der Waals surface area contributed by atoms with Gasteiger partial charge in [0.2, 0.25) is 0 Å². The van der Waals surface area contributed by atoms with E-state index in [0.29, 0.717) is 25.9 Å². The zero-order chi connectivity index (χ0) is 24.2. The molecule has 15 nitrogen and oxygen atoms in total. The Bertz CT molecular complexity index is 889. The second kappa shape index (κ2) is 10.5. The van der Waals surface area contributed by atoms with Crippen molar-refractivity contribution < 1.29 is 53.4 Å². The van der Waals surface area contributed by atoms with Crippen molar-refractivity contribution in [3.63, 3.8) is 0 Å². The third-order valence-electron chi connectivity index (χ3n) is 5.65. The number of nitrogens with zero attached hydrogens (tertiary/aromatic N) is 3. The molecule has 0 spiro atoms. The minimum atomic E-state index is -1.03. The van der Waals surface area contributed by atoms with Gasteiger partial charge in [-0.05, 0) is 25.0 Å². The Labute approximate surface area is 192 Å². The molecule has 186 valence electrons. The molecular formula is C19H23N3O12. The maximum Gasteiger partial charge on any atom is 0.514 e. The van der Waals surface area contributed by atoms with Crippen LogP contribution in [0.5, 0.6) is 5.75 Å². The Balaban J connectivity index is 1.23. The van der Waals surface area contributed by atoms with Gasteiger partial charge in [0.05, 0.1) is 29.6 Å². The predicted molar refractivity (Wildman–Crippen MR) is 105 cm³/mol. The van der Waals surface area contributed by atoms with Gasteiger partial charge in [0.15, 0.2) is 12.2 Å². The number of ether oxygens (including phenoxy) is 5. The molecular weight excluding hydrogens is 462 g/mol. The highest BCUT2D eigenvalue weighted by molar-refractivity contribution is 5.68. The zero-order valence-electron chi connectivity index (χ0n) is 17.8. The summed E-state index contributed by atoms with van der Waals surface area (Å²) in [5.74, 6) is 0.0741. The van der Waals surface area contributed by atoms with Crippen molar-refractivity contribution >= 4 is 17.9 Å². The van der Waals surface area contributed by atoms with Crippen molar-refractivity contribution in [1.82, 2.24) is 10.3 Å². The van der Waals surface area contributed by atoms with Crippen LogP contribution in [0.1, 0.15) is 12.8 Å². The molecule has 3 aliphatic heterocycles. The number of benzene rings is 1. The van der Waals surface area contributed by atoms with Crippen LogP contribution in [-0.4, -0.2) is 94.7 Å². The molecule has 0 saturated carbocycles. The minimum Gasteiger partial charge on any atom is -0.441 e. The van der Waals surface area contributed by atoms with Gasteiger partial charge >= 0.3 is 12.2 Å². The number of piperidine rings is 1. The fourth-order valence-corrected chi connectivity index (χ4v) is 3.99. The Hall–Kier alpha value is -3.08. The number of nitro benzene ring substituents is 1. The average Bonchev–Trinajstić information content (AvgIpc) is 3.37. The molecule has 0 unspecified atom stereocenters. The summed E-state index contributed by atoms with van der Waals surface area (Å²) >= 11 is 0. The van der Waals surface area contributed by atoms with Gasteiger partial charge in [-0.3, -0.25) is 20.5 Å². The number of hydrogen-bond acceptors (Lipinski definition) is 13. The SMILES string of the molecule is O=C(Oc1ccc([N+](=O)[O-])cc1)O[C@@H]1CO[C@H]2[C@@H]1OC[C@H]2OC(=O)N1CCC(ON(O)O)CC1. The van der Waals surface area contributed by atoms with Crippen molar-refractivity contribution in [2.24, 2.45) is 0 Å². The van der Waals surface area contributed by atoms with Crippen LogP contribution in [0.2, 0.25) is 0 Å². The van der Waals surface area contributed by atoms with E-state index in [1.165, 1.54) is 29.2 Å². The van der Waals surface area contributed by atoms with Gasteiger partial charge in [0, 0.05) is 25.2 Å². The van der Waals surface area contributed by atoms with Gasteiger partial charge in [-0.15, -0.1) is 0 Å². The van der Waals surface area contributed by atoms with E-state index >= 15 is 0 Å². The van der Waals surface area contributed by atoms with Gasteiger partial charge in [-0.2, -0.15) is 0 Å². The molecule has 1 aromatic rings. The summed E-state index contributed by atoms with van der Waals surface area (Å²) < 4.78 is 27.1. The van der Waals surface area contributed by atoms with Gasteiger partial charge in [-0.25, -0.2) is 14.4 Å². The predicted octanol–water partition coefficient (Wildman–Crippen LogP) is 1.26. The van der Waals surface area contributed by atoms with Crippen molar-refractivity contribution in [2.75, 3.05) is 26.3 Å². The van der Waals surface area contributed by atoms with Gasteiger partial charge in [0.25, 0.3) is 5.69 Å². The molecule has 4 atom stereocenters. The summed E-state index contributed by atoms with van der Waals surface area (Å²) in [6.45, 7) is 0.683. The van der Waals surface area contributed by atoms with Crippen LogP contribution in [0.25, 0.3) is 0 Å². The van der Waals surface area contributed by atoms with Crippen LogP contribution in [0, 0.1) is 10.1 Å². The third kappa shape index (κ3) is 5.69. The molecule has 0 radical (unpaired) electrons. The number of rotatable bonds is 6. The average molecular weight is 485 g/mol. The van der Waals surface area contributed by atoms with E-state index in [2.05, 4.69) is 0 Å². The van der Waals surface area contributed by atoms with E-state index in [1.54, 1.807) is 0 Å². The van der Waals surface area contributed by atoms with E-state index in [1.807, 2.05) is 0 Å². The summed E-state index contributed by atoms with van der Waals surface area (Å²) in [6.07, 6.45) is -4.00. The lowest BCUT2D eigenvalue weighted by Crippen LogP contribution is -2.45. The Morgan fingerprint density at radius 1 is 1.03 bits per heavy atom. The molecule has 3 saturated heterocycles. The van der Waals surface area contributed by atoms with Crippen LogP contribution in [0.4, 0.5) is 15.3 Å². The summed E-state index contributed by atoms with van der Waals surface area (Å²) in [7, 11) is 0. The maximum absolute atomic E-state index is 12.5. The molecule has 0 aliphatic carbocycles. The molecule has 0 bridgehead atoms. The van der Waals surface area contributed by atoms with E-state index in [9.17, 15) is 19.7 Å². The van der Waals surface area contributed by atoms with E-state index in [-0.39, 0.29) is 30.0 Å². The first-order chi connectivity index (χ1) is 16.3. The van der Waals surface area contributed by atoms with Crippen LogP contribution >= 0.6 is 0 Å². The second-order valence-electron chi connectivity index (χ2n) is 7.82.